The maximum Gasteiger partial charge on any atom is 0.109 e. The first kappa shape index (κ1) is 46.3. The number of aliphatic hydroxyl groups excluding tert-OH is 1. The number of hydrogen-bond acceptors (Lipinski definition) is 4. The van der Waals surface area contributed by atoms with Crippen molar-refractivity contribution in [2.24, 2.45) is 0 Å². The predicted molar refractivity (Wildman–Crippen MR) is 208 cm³/mol. The molecule has 4 nitrogen and oxygen atoms in total. The van der Waals surface area contributed by atoms with Crippen molar-refractivity contribution < 1.29 is 14.6 Å². The number of ether oxygens (including phenoxy) is 2. The number of aliphatic hydroxyl groups is 1. The summed E-state index contributed by atoms with van der Waals surface area (Å²) in [6, 6.07) is 0. The molecule has 0 rings (SSSR count). The molecule has 0 spiro atoms. The fourth-order valence-corrected chi connectivity index (χ4v) is 6.30. The molecule has 0 heterocycles. The minimum atomic E-state index is -0.400. The van der Waals surface area contributed by atoms with E-state index in [4.69, 9.17) is 9.47 Å². The number of unbranched alkanes of at least 4 members (excludes halogenated alkanes) is 24. The summed E-state index contributed by atoms with van der Waals surface area (Å²) < 4.78 is 12.4. The highest BCUT2D eigenvalue weighted by Crippen LogP contribution is 2.15. The van der Waals surface area contributed by atoms with Crippen molar-refractivity contribution in [2.45, 2.75) is 233 Å². The summed E-state index contributed by atoms with van der Waals surface area (Å²) in [5.41, 5.74) is 0. The number of rotatable bonds is 38. The number of nitrogens with zero attached hydrogens (tertiary/aromatic N) is 1. The first-order valence-electron chi connectivity index (χ1n) is 21.0. The highest BCUT2D eigenvalue weighted by Gasteiger charge is 2.22. The molecular weight excluding hydrogens is 578 g/mol. The van der Waals surface area contributed by atoms with Crippen molar-refractivity contribution in [1.29, 1.82) is 0 Å². The van der Waals surface area contributed by atoms with E-state index >= 15 is 0 Å². The second-order valence-corrected chi connectivity index (χ2v) is 14.4. The summed E-state index contributed by atoms with van der Waals surface area (Å²) in [6.07, 6.45) is 46.1. The molecule has 0 radical (unpaired) electrons. The highest BCUT2D eigenvalue weighted by molar-refractivity contribution is 4.82. The van der Waals surface area contributed by atoms with E-state index in [0.29, 0.717) is 6.54 Å². The van der Waals surface area contributed by atoms with Gasteiger partial charge in [-0.2, -0.15) is 0 Å². The average Bonchev–Trinajstić information content (AvgIpc) is 3.06. The molecule has 3 atom stereocenters. The van der Waals surface area contributed by atoms with Gasteiger partial charge in [-0.05, 0) is 85.0 Å². The number of allylic oxidation sites excluding steroid dienone is 4. The summed E-state index contributed by atoms with van der Waals surface area (Å²) in [4.78, 5) is 2.17. The molecule has 1 N–H and O–H groups in total. The number of hydrogen-bond donors (Lipinski definition) is 1. The van der Waals surface area contributed by atoms with Crippen LogP contribution in [0.4, 0.5) is 0 Å². The van der Waals surface area contributed by atoms with Gasteiger partial charge in [0.05, 0.1) is 6.10 Å². The fourth-order valence-electron chi connectivity index (χ4n) is 6.30. The first-order valence-corrected chi connectivity index (χ1v) is 21.0. The van der Waals surface area contributed by atoms with Gasteiger partial charge in [0.15, 0.2) is 0 Å². The largest absolute Gasteiger partial charge is 0.392 e. The smallest absolute Gasteiger partial charge is 0.109 e. The van der Waals surface area contributed by atoms with Gasteiger partial charge in [0.25, 0.3) is 0 Å². The zero-order chi connectivity index (χ0) is 34.5. The molecule has 47 heavy (non-hydrogen) atoms. The molecule has 0 aliphatic carbocycles. The lowest BCUT2D eigenvalue weighted by Crippen LogP contribution is -2.46. The molecule has 0 aliphatic heterocycles. The molecule has 4 heteroatoms. The molecule has 0 bridgehead atoms. The van der Waals surface area contributed by atoms with Crippen molar-refractivity contribution in [3.8, 4) is 0 Å². The standard InChI is InChI=1S/C43H85NO3/c1-6-8-10-12-14-16-18-20-22-24-26-28-30-32-34-36-38-46-42(4)44(40-41(3)45)43(5)47-39-37-35-33-31-29-27-25-23-21-19-17-15-13-11-9-7-2/h20-23,41-43,45H,6-19,24-40H2,1-5H3/b22-20-,23-21-. The lowest BCUT2D eigenvalue weighted by atomic mass is 10.1. The van der Waals surface area contributed by atoms with Crippen LogP contribution >= 0.6 is 0 Å². The predicted octanol–water partition coefficient (Wildman–Crippen LogP) is 13.5. The third kappa shape index (κ3) is 35.0. The van der Waals surface area contributed by atoms with Crippen molar-refractivity contribution >= 4 is 0 Å². The van der Waals surface area contributed by atoms with Crippen molar-refractivity contribution in [2.75, 3.05) is 19.8 Å². The van der Waals surface area contributed by atoms with E-state index in [2.05, 4.69) is 56.9 Å². The van der Waals surface area contributed by atoms with E-state index in [1.54, 1.807) is 0 Å². The summed E-state index contributed by atoms with van der Waals surface area (Å²) in [5, 5.41) is 10.1. The normalized spacial score (nSPS) is 14.2. The van der Waals surface area contributed by atoms with Crippen LogP contribution in [0.15, 0.2) is 24.3 Å². The van der Waals surface area contributed by atoms with Gasteiger partial charge in [0, 0.05) is 19.8 Å². The van der Waals surface area contributed by atoms with Crippen molar-refractivity contribution in [3.05, 3.63) is 24.3 Å². The molecule has 0 aromatic carbocycles. The van der Waals surface area contributed by atoms with Gasteiger partial charge < -0.3 is 14.6 Å². The molecule has 0 aromatic rings. The molecule has 3 unspecified atom stereocenters. The lowest BCUT2D eigenvalue weighted by Gasteiger charge is -2.35. The van der Waals surface area contributed by atoms with Crippen LogP contribution in [-0.4, -0.2) is 48.3 Å². The van der Waals surface area contributed by atoms with Crippen LogP contribution in [0.25, 0.3) is 0 Å². The molecule has 0 fully saturated rings. The van der Waals surface area contributed by atoms with Crippen molar-refractivity contribution in [1.82, 2.24) is 4.90 Å². The summed E-state index contributed by atoms with van der Waals surface area (Å²) >= 11 is 0. The van der Waals surface area contributed by atoms with Crippen LogP contribution in [0, 0.1) is 0 Å². The Bertz CT molecular complexity index is 599. The average molecular weight is 664 g/mol. The van der Waals surface area contributed by atoms with E-state index in [9.17, 15) is 5.11 Å². The topological polar surface area (TPSA) is 41.9 Å². The zero-order valence-corrected chi connectivity index (χ0v) is 32.7. The van der Waals surface area contributed by atoms with E-state index in [-0.39, 0.29) is 12.5 Å². The Labute approximate surface area is 295 Å². The maximum atomic E-state index is 10.1. The molecule has 0 aromatic heterocycles. The Morgan fingerprint density at radius 1 is 0.426 bits per heavy atom. The quantitative estimate of drug-likeness (QED) is 0.0405. The van der Waals surface area contributed by atoms with Gasteiger partial charge in [0.2, 0.25) is 0 Å². The van der Waals surface area contributed by atoms with Gasteiger partial charge in [-0.3, -0.25) is 4.90 Å². The maximum absolute atomic E-state index is 10.1. The lowest BCUT2D eigenvalue weighted by molar-refractivity contribution is -0.150. The van der Waals surface area contributed by atoms with Crippen LogP contribution < -0.4 is 0 Å². The Morgan fingerprint density at radius 3 is 1.00 bits per heavy atom. The van der Waals surface area contributed by atoms with E-state index in [0.717, 1.165) is 26.1 Å². The Kier molecular flexibility index (Phi) is 37.6. The zero-order valence-electron chi connectivity index (χ0n) is 32.7. The van der Waals surface area contributed by atoms with Gasteiger partial charge >= 0.3 is 0 Å². The van der Waals surface area contributed by atoms with E-state index < -0.39 is 6.10 Å². The molecule has 280 valence electrons. The van der Waals surface area contributed by atoms with Crippen LogP contribution in [0.5, 0.6) is 0 Å². The van der Waals surface area contributed by atoms with E-state index in [1.165, 1.54) is 167 Å². The SMILES string of the molecule is CCCCCCCC/C=C\CCCCCCCCOC(C)N(CC(C)O)C(C)OCCCCCCCC/C=C\CCCCCCCC. The third-order valence-corrected chi connectivity index (χ3v) is 9.44. The van der Waals surface area contributed by atoms with Gasteiger partial charge in [0.1, 0.15) is 12.5 Å². The summed E-state index contributed by atoms with van der Waals surface area (Å²) in [6.45, 7) is 12.8. The van der Waals surface area contributed by atoms with Gasteiger partial charge in [-0.25, -0.2) is 0 Å². The third-order valence-electron chi connectivity index (χ3n) is 9.44. The summed E-state index contributed by atoms with van der Waals surface area (Å²) in [7, 11) is 0. The van der Waals surface area contributed by atoms with Crippen molar-refractivity contribution in [3.63, 3.8) is 0 Å². The second kappa shape index (κ2) is 38.1. The summed E-state index contributed by atoms with van der Waals surface area (Å²) in [5.74, 6) is 0. The van der Waals surface area contributed by atoms with Crippen LogP contribution in [0.1, 0.15) is 214 Å². The Balaban J connectivity index is 3.77. The highest BCUT2D eigenvalue weighted by atomic mass is 16.5. The fraction of sp³-hybridized carbons (Fsp3) is 0.907. The molecule has 0 amide bonds. The molecular formula is C43H85NO3. The second-order valence-electron chi connectivity index (χ2n) is 14.4. The monoisotopic (exact) mass is 664 g/mol. The molecule has 0 saturated heterocycles. The Morgan fingerprint density at radius 2 is 0.702 bits per heavy atom. The van der Waals surface area contributed by atoms with Crippen LogP contribution in [-0.2, 0) is 9.47 Å². The Hall–Kier alpha value is -0.680. The molecule has 0 aliphatic rings. The van der Waals surface area contributed by atoms with Gasteiger partial charge in [-0.1, -0.05) is 154 Å². The van der Waals surface area contributed by atoms with Crippen LogP contribution in [0.3, 0.4) is 0 Å². The van der Waals surface area contributed by atoms with Crippen LogP contribution in [0.2, 0.25) is 0 Å². The van der Waals surface area contributed by atoms with E-state index in [1.807, 2.05) is 6.92 Å². The minimum absolute atomic E-state index is 0.0532. The molecule has 0 saturated carbocycles. The van der Waals surface area contributed by atoms with Gasteiger partial charge in [-0.15, -0.1) is 0 Å². The first-order chi connectivity index (χ1) is 23.0. The minimum Gasteiger partial charge on any atom is -0.392 e.